The molecule has 2 aromatic carbocycles. The second-order valence-corrected chi connectivity index (χ2v) is 5.29. The van der Waals surface area contributed by atoms with Gasteiger partial charge in [-0.2, -0.15) is 0 Å². The van der Waals surface area contributed by atoms with Crippen LogP contribution in [0.15, 0.2) is 42.5 Å². The van der Waals surface area contributed by atoms with Gasteiger partial charge in [0.1, 0.15) is 0 Å². The molecule has 0 spiro atoms. The van der Waals surface area contributed by atoms with E-state index < -0.39 is 6.10 Å². The molecule has 0 aliphatic rings. The standard InChI is InChI=1S/C17H18ClNO4/c1-22-15-7-6-11(9-16(15)23-2)14(20)10-19-17(21)12-4-3-5-13(18)8-12/h3-9,14,20H,10H2,1-2H3,(H,19,21). The first kappa shape index (κ1) is 17.1. The summed E-state index contributed by atoms with van der Waals surface area (Å²) in [5.74, 6) is 0.795. The van der Waals surface area contributed by atoms with E-state index in [1.807, 2.05) is 0 Å². The Morgan fingerprint density at radius 1 is 1.17 bits per heavy atom. The number of rotatable bonds is 6. The van der Waals surface area contributed by atoms with Crippen molar-refractivity contribution in [3.8, 4) is 11.5 Å². The van der Waals surface area contributed by atoms with Gasteiger partial charge in [-0.05, 0) is 35.9 Å². The average molecular weight is 336 g/mol. The van der Waals surface area contributed by atoms with Crippen LogP contribution >= 0.6 is 11.6 Å². The van der Waals surface area contributed by atoms with Crippen molar-refractivity contribution in [3.05, 3.63) is 58.6 Å². The van der Waals surface area contributed by atoms with Crippen LogP contribution in [0.5, 0.6) is 11.5 Å². The molecule has 2 rings (SSSR count). The van der Waals surface area contributed by atoms with Gasteiger partial charge < -0.3 is 19.9 Å². The number of benzene rings is 2. The zero-order valence-electron chi connectivity index (χ0n) is 12.9. The molecule has 0 aromatic heterocycles. The van der Waals surface area contributed by atoms with Crippen LogP contribution in [0.4, 0.5) is 0 Å². The number of hydrogen-bond donors (Lipinski definition) is 2. The summed E-state index contributed by atoms with van der Waals surface area (Å²) in [6, 6.07) is 11.7. The van der Waals surface area contributed by atoms with E-state index in [9.17, 15) is 9.90 Å². The van der Waals surface area contributed by atoms with Gasteiger partial charge >= 0.3 is 0 Å². The summed E-state index contributed by atoms with van der Waals surface area (Å²) < 4.78 is 10.3. The van der Waals surface area contributed by atoms with Crippen LogP contribution in [-0.4, -0.2) is 31.8 Å². The Morgan fingerprint density at radius 2 is 1.91 bits per heavy atom. The first-order chi connectivity index (χ1) is 11.0. The summed E-state index contributed by atoms with van der Waals surface area (Å²) in [6.07, 6.45) is -0.863. The molecule has 6 heteroatoms. The summed E-state index contributed by atoms with van der Waals surface area (Å²) in [6.45, 7) is 0.0703. The predicted molar refractivity (Wildman–Crippen MR) is 88.3 cm³/mol. The van der Waals surface area contributed by atoms with Crippen LogP contribution in [-0.2, 0) is 0 Å². The normalized spacial score (nSPS) is 11.7. The smallest absolute Gasteiger partial charge is 0.251 e. The highest BCUT2D eigenvalue weighted by Gasteiger charge is 2.13. The molecule has 5 nitrogen and oxygen atoms in total. The number of ether oxygens (including phenoxy) is 2. The molecule has 122 valence electrons. The van der Waals surface area contributed by atoms with Gasteiger partial charge in [-0.15, -0.1) is 0 Å². The lowest BCUT2D eigenvalue weighted by Crippen LogP contribution is -2.28. The lowest BCUT2D eigenvalue weighted by molar-refractivity contribution is 0.0916. The molecule has 0 radical (unpaired) electrons. The van der Waals surface area contributed by atoms with E-state index in [1.54, 1.807) is 49.6 Å². The van der Waals surface area contributed by atoms with E-state index in [-0.39, 0.29) is 12.5 Å². The van der Waals surface area contributed by atoms with Crippen molar-refractivity contribution in [1.29, 1.82) is 0 Å². The van der Waals surface area contributed by atoms with Gasteiger partial charge in [0.25, 0.3) is 5.91 Å². The number of aliphatic hydroxyl groups excluding tert-OH is 1. The van der Waals surface area contributed by atoms with Gasteiger partial charge in [0.2, 0.25) is 0 Å². The monoisotopic (exact) mass is 335 g/mol. The highest BCUT2D eigenvalue weighted by molar-refractivity contribution is 6.30. The van der Waals surface area contributed by atoms with Gasteiger partial charge in [0, 0.05) is 17.1 Å². The molecular formula is C17H18ClNO4. The second kappa shape index (κ2) is 7.85. The van der Waals surface area contributed by atoms with E-state index in [2.05, 4.69) is 5.32 Å². The summed E-state index contributed by atoms with van der Waals surface area (Å²) in [5.41, 5.74) is 1.06. The summed E-state index contributed by atoms with van der Waals surface area (Å²) in [5, 5.41) is 13.4. The predicted octanol–water partition coefficient (Wildman–Crippen LogP) is 2.82. The van der Waals surface area contributed by atoms with Crippen LogP contribution in [0.3, 0.4) is 0 Å². The molecule has 0 saturated heterocycles. The Balaban J connectivity index is 2.02. The lowest BCUT2D eigenvalue weighted by Gasteiger charge is -2.15. The molecule has 2 N–H and O–H groups in total. The Kier molecular flexibility index (Phi) is 5.84. The van der Waals surface area contributed by atoms with Crippen molar-refractivity contribution in [2.75, 3.05) is 20.8 Å². The molecule has 0 heterocycles. The Bertz CT molecular complexity index is 690. The molecule has 0 bridgehead atoms. The number of methoxy groups -OCH3 is 2. The minimum atomic E-state index is -0.863. The van der Waals surface area contributed by atoms with Crippen molar-refractivity contribution in [2.24, 2.45) is 0 Å². The van der Waals surface area contributed by atoms with Crippen molar-refractivity contribution in [2.45, 2.75) is 6.10 Å². The highest BCUT2D eigenvalue weighted by Crippen LogP contribution is 2.29. The van der Waals surface area contributed by atoms with Crippen LogP contribution in [0.1, 0.15) is 22.0 Å². The van der Waals surface area contributed by atoms with Crippen molar-refractivity contribution < 1.29 is 19.4 Å². The Morgan fingerprint density at radius 3 is 2.57 bits per heavy atom. The summed E-state index contributed by atoms with van der Waals surface area (Å²) in [7, 11) is 3.06. The van der Waals surface area contributed by atoms with Gasteiger partial charge in [0.05, 0.1) is 20.3 Å². The summed E-state index contributed by atoms with van der Waals surface area (Å²) in [4.78, 5) is 12.0. The molecule has 2 aromatic rings. The Labute approximate surface area is 139 Å². The zero-order chi connectivity index (χ0) is 16.8. The largest absolute Gasteiger partial charge is 0.493 e. The van der Waals surface area contributed by atoms with Crippen LogP contribution < -0.4 is 14.8 Å². The van der Waals surface area contributed by atoms with Gasteiger partial charge in [-0.25, -0.2) is 0 Å². The van der Waals surface area contributed by atoms with E-state index in [4.69, 9.17) is 21.1 Å². The number of halogens is 1. The first-order valence-electron chi connectivity index (χ1n) is 6.99. The quantitative estimate of drug-likeness (QED) is 0.851. The second-order valence-electron chi connectivity index (χ2n) is 4.85. The van der Waals surface area contributed by atoms with E-state index in [0.717, 1.165) is 0 Å². The van der Waals surface area contributed by atoms with E-state index >= 15 is 0 Å². The molecule has 1 unspecified atom stereocenters. The van der Waals surface area contributed by atoms with Crippen molar-refractivity contribution in [1.82, 2.24) is 5.32 Å². The minimum absolute atomic E-state index is 0.0703. The molecule has 0 saturated carbocycles. The number of nitrogens with one attached hydrogen (secondary N) is 1. The fourth-order valence-electron chi connectivity index (χ4n) is 2.10. The SMILES string of the molecule is COc1ccc(C(O)CNC(=O)c2cccc(Cl)c2)cc1OC. The van der Waals surface area contributed by atoms with Gasteiger partial charge in [0.15, 0.2) is 11.5 Å². The van der Waals surface area contributed by atoms with Crippen molar-refractivity contribution in [3.63, 3.8) is 0 Å². The maximum absolute atomic E-state index is 12.0. The number of carbonyl (C=O) groups excluding carboxylic acids is 1. The van der Waals surface area contributed by atoms with Gasteiger partial charge in [-0.3, -0.25) is 4.79 Å². The number of amides is 1. The van der Waals surface area contributed by atoms with Crippen LogP contribution in [0.2, 0.25) is 5.02 Å². The Hall–Kier alpha value is -2.24. The first-order valence-corrected chi connectivity index (χ1v) is 7.36. The third-order valence-electron chi connectivity index (χ3n) is 3.34. The third kappa shape index (κ3) is 4.37. The summed E-state index contributed by atoms with van der Waals surface area (Å²) >= 11 is 5.85. The fourth-order valence-corrected chi connectivity index (χ4v) is 2.29. The number of carbonyl (C=O) groups is 1. The molecule has 1 atom stereocenters. The number of aliphatic hydroxyl groups is 1. The zero-order valence-corrected chi connectivity index (χ0v) is 13.6. The highest BCUT2D eigenvalue weighted by atomic mass is 35.5. The average Bonchev–Trinajstić information content (AvgIpc) is 2.58. The lowest BCUT2D eigenvalue weighted by atomic mass is 10.1. The van der Waals surface area contributed by atoms with Crippen LogP contribution in [0, 0.1) is 0 Å². The minimum Gasteiger partial charge on any atom is -0.493 e. The number of hydrogen-bond acceptors (Lipinski definition) is 4. The van der Waals surface area contributed by atoms with E-state index in [1.165, 1.54) is 7.11 Å². The maximum Gasteiger partial charge on any atom is 0.251 e. The molecule has 0 aliphatic heterocycles. The van der Waals surface area contributed by atoms with Crippen LogP contribution in [0.25, 0.3) is 0 Å². The van der Waals surface area contributed by atoms with Crippen molar-refractivity contribution >= 4 is 17.5 Å². The maximum atomic E-state index is 12.0. The fraction of sp³-hybridized carbons (Fsp3) is 0.235. The molecule has 0 aliphatic carbocycles. The van der Waals surface area contributed by atoms with Gasteiger partial charge in [-0.1, -0.05) is 23.7 Å². The molecule has 0 fully saturated rings. The third-order valence-corrected chi connectivity index (χ3v) is 3.57. The van der Waals surface area contributed by atoms with E-state index in [0.29, 0.717) is 27.6 Å². The molecule has 23 heavy (non-hydrogen) atoms. The topological polar surface area (TPSA) is 67.8 Å². The molecular weight excluding hydrogens is 318 g/mol. The molecule has 1 amide bonds.